The number of nitrogens with zero attached hydrogens (tertiary/aromatic N) is 1. The summed E-state index contributed by atoms with van der Waals surface area (Å²) in [6.07, 6.45) is 1.74. The molecule has 5 heteroatoms. The van der Waals surface area contributed by atoms with E-state index in [9.17, 15) is 4.79 Å². The van der Waals surface area contributed by atoms with E-state index in [4.69, 9.17) is 23.2 Å². The van der Waals surface area contributed by atoms with E-state index in [1.54, 1.807) is 18.2 Å². The van der Waals surface area contributed by atoms with Gasteiger partial charge >= 0.3 is 0 Å². The molecule has 0 fully saturated rings. The molecule has 0 spiro atoms. The average Bonchev–Trinajstić information content (AvgIpc) is 2.21. The second-order valence-corrected chi connectivity index (χ2v) is 4.32. The first kappa shape index (κ1) is 11.3. The summed E-state index contributed by atoms with van der Waals surface area (Å²) in [6, 6.07) is 3.41. The molecule has 2 rings (SSSR count). The van der Waals surface area contributed by atoms with Gasteiger partial charge < -0.3 is 10.2 Å². The molecule has 1 N–H and O–H groups in total. The van der Waals surface area contributed by atoms with Crippen molar-refractivity contribution in [2.45, 2.75) is 0 Å². The Balaban J connectivity index is 2.48. The van der Waals surface area contributed by atoms with Crippen LogP contribution in [0.3, 0.4) is 0 Å². The van der Waals surface area contributed by atoms with Gasteiger partial charge in [-0.2, -0.15) is 0 Å². The molecule has 1 aliphatic heterocycles. The molecule has 1 aliphatic rings. The fraction of sp³-hybridized carbons (Fsp3) is 0.182. The van der Waals surface area contributed by atoms with Gasteiger partial charge in [0.1, 0.15) is 0 Å². The number of amides is 1. The Morgan fingerprint density at radius 2 is 2.12 bits per heavy atom. The first-order chi connectivity index (χ1) is 7.61. The minimum absolute atomic E-state index is 0.0623. The fourth-order valence-corrected chi connectivity index (χ4v) is 1.99. The maximum absolute atomic E-state index is 11.4. The van der Waals surface area contributed by atoms with E-state index in [-0.39, 0.29) is 5.91 Å². The molecular weight excluding hydrogens is 247 g/mol. The normalized spacial score (nSPS) is 14.4. The highest BCUT2D eigenvalue weighted by Crippen LogP contribution is 2.36. The van der Waals surface area contributed by atoms with Gasteiger partial charge in [-0.25, -0.2) is 0 Å². The van der Waals surface area contributed by atoms with Crippen molar-refractivity contribution in [1.82, 2.24) is 0 Å². The Hall–Kier alpha value is -1.19. The Morgan fingerprint density at radius 3 is 2.81 bits per heavy atom. The van der Waals surface area contributed by atoms with E-state index in [0.717, 1.165) is 5.69 Å². The van der Waals surface area contributed by atoms with Crippen LogP contribution in [0.5, 0.6) is 0 Å². The molecule has 16 heavy (non-hydrogen) atoms. The van der Waals surface area contributed by atoms with Crippen molar-refractivity contribution in [3.05, 3.63) is 34.8 Å². The third kappa shape index (κ3) is 2.01. The predicted octanol–water partition coefficient (Wildman–Crippen LogP) is 2.94. The van der Waals surface area contributed by atoms with Gasteiger partial charge in [0.05, 0.1) is 28.0 Å². The van der Waals surface area contributed by atoms with Crippen LogP contribution in [0.25, 0.3) is 0 Å². The summed E-state index contributed by atoms with van der Waals surface area (Å²) in [5.41, 5.74) is 1.56. The molecule has 84 valence electrons. The highest BCUT2D eigenvalue weighted by Gasteiger charge is 2.22. The SMILES string of the molecule is C=CCN1CC(=O)Nc2cc(Cl)c(Cl)cc21. The molecule has 1 aromatic carbocycles. The highest BCUT2D eigenvalue weighted by atomic mass is 35.5. The average molecular weight is 257 g/mol. The molecule has 0 radical (unpaired) electrons. The van der Waals surface area contributed by atoms with Gasteiger partial charge in [0.25, 0.3) is 0 Å². The summed E-state index contributed by atoms with van der Waals surface area (Å²) in [7, 11) is 0. The zero-order valence-corrected chi connectivity index (χ0v) is 9.98. The third-order valence-corrected chi connectivity index (χ3v) is 3.06. The van der Waals surface area contributed by atoms with E-state index >= 15 is 0 Å². The number of anilines is 2. The summed E-state index contributed by atoms with van der Waals surface area (Å²) in [6.45, 7) is 4.56. The number of hydrogen-bond donors (Lipinski definition) is 1. The summed E-state index contributed by atoms with van der Waals surface area (Å²) < 4.78 is 0. The molecule has 1 heterocycles. The van der Waals surface area contributed by atoms with Gasteiger partial charge in [-0.1, -0.05) is 29.3 Å². The number of rotatable bonds is 2. The highest BCUT2D eigenvalue weighted by molar-refractivity contribution is 6.42. The summed E-state index contributed by atoms with van der Waals surface area (Å²) >= 11 is 11.8. The first-order valence-corrected chi connectivity index (χ1v) is 5.52. The Labute approximate surface area is 104 Å². The molecule has 0 aromatic heterocycles. The van der Waals surface area contributed by atoms with Crippen molar-refractivity contribution >= 4 is 40.5 Å². The smallest absolute Gasteiger partial charge is 0.243 e. The molecule has 0 unspecified atom stereocenters. The van der Waals surface area contributed by atoms with E-state index in [0.29, 0.717) is 28.8 Å². The standard InChI is InChI=1S/C11H10Cl2N2O/c1-2-3-15-6-11(16)14-9-4-7(12)8(13)5-10(9)15/h2,4-5H,1,3,6H2,(H,14,16). The number of hydrogen-bond acceptors (Lipinski definition) is 2. The van der Waals surface area contributed by atoms with Crippen LogP contribution in [0.4, 0.5) is 11.4 Å². The largest absolute Gasteiger partial charge is 0.357 e. The minimum atomic E-state index is -0.0623. The lowest BCUT2D eigenvalue weighted by Gasteiger charge is -2.30. The Bertz CT molecular complexity index is 460. The van der Waals surface area contributed by atoms with Gasteiger partial charge in [0.2, 0.25) is 5.91 Å². The van der Waals surface area contributed by atoms with Crippen LogP contribution in [0.2, 0.25) is 10.0 Å². The van der Waals surface area contributed by atoms with Crippen molar-refractivity contribution in [2.24, 2.45) is 0 Å². The molecule has 0 saturated heterocycles. The molecule has 1 amide bonds. The van der Waals surface area contributed by atoms with Crippen molar-refractivity contribution in [3.8, 4) is 0 Å². The zero-order valence-electron chi connectivity index (χ0n) is 8.46. The van der Waals surface area contributed by atoms with Crippen LogP contribution in [0.15, 0.2) is 24.8 Å². The summed E-state index contributed by atoms with van der Waals surface area (Å²) in [4.78, 5) is 13.3. The van der Waals surface area contributed by atoms with Crippen LogP contribution in [-0.2, 0) is 4.79 Å². The number of fused-ring (bicyclic) bond motifs is 1. The summed E-state index contributed by atoms with van der Waals surface area (Å²) in [5.74, 6) is -0.0623. The number of benzene rings is 1. The van der Waals surface area contributed by atoms with Crippen LogP contribution in [0.1, 0.15) is 0 Å². The van der Waals surface area contributed by atoms with E-state index < -0.39 is 0 Å². The van der Waals surface area contributed by atoms with Gasteiger partial charge in [-0.05, 0) is 12.1 Å². The molecule has 0 bridgehead atoms. The fourth-order valence-electron chi connectivity index (χ4n) is 1.67. The minimum Gasteiger partial charge on any atom is -0.357 e. The van der Waals surface area contributed by atoms with Crippen molar-refractivity contribution in [2.75, 3.05) is 23.3 Å². The number of carbonyl (C=O) groups excluding carboxylic acids is 1. The molecule has 0 atom stereocenters. The Kier molecular flexibility index (Phi) is 3.08. The van der Waals surface area contributed by atoms with E-state index in [1.807, 2.05) is 4.90 Å². The van der Waals surface area contributed by atoms with Gasteiger partial charge in [0, 0.05) is 6.54 Å². The number of carbonyl (C=O) groups is 1. The van der Waals surface area contributed by atoms with Crippen LogP contribution in [-0.4, -0.2) is 19.0 Å². The van der Waals surface area contributed by atoms with Crippen LogP contribution < -0.4 is 10.2 Å². The quantitative estimate of drug-likeness (QED) is 0.826. The zero-order chi connectivity index (χ0) is 11.7. The molecular formula is C11H10Cl2N2O. The number of halogens is 2. The maximum atomic E-state index is 11.4. The van der Waals surface area contributed by atoms with Crippen molar-refractivity contribution in [1.29, 1.82) is 0 Å². The molecule has 3 nitrogen and oxygen atoms in total. The topological polar surface area (TPSA) is 32.3 Å². The lowest BCUT2D eigenvalue weighted by molar-refractivity contribution is -0.115. The molecule has 1 aromatic rings. The third-order valence-electron chi connectivity index (χ3n) is 2.34. The van der Waals surface area contributed by atoms with E-state index in [2.05, 4.69) is 11.9 Å². The van der Waals surface area contributed by atoms with Crippen LogP contribution >= 0.6 is 23.2 Å². The van der Waals surface area contributed by atoms with Crippen molar-refractivity contribution < 1.29 is 4.79 Å². The molecule has 0 aliphatic carbocycles. The van der Waals surface area contributed by atoms with Crippen molar-refractivity contribution in [3.63, 3.8) is 0 Å². The number of nitrogens with one attached hydrogen (secondary N) is 1. The second-order valence-electron chi connectivity index (χ2n) is 3.50. The monoisotopic (exact) mass is 256 g/mol. The second kappa shape index (κ2) is 4.36. The molecule has 0 saturated carbocycles. The Morgan fingerprint density at radius 1 is 1.44 bits per heavy atom. The van der Waals surface area contributed by atoms with Crippen LogP contribution in [0, 0.1) is 0 Å². The van der Waals surface area contributed by atoms with Gasteiger partial charge in [-0.3, -0.25) is 4.79 Å². The maximum Gasteiger partial charge on any atom is 0.243 e. The lowest BCUT2D eigenvalue weighted by atomic mass is 10.2. The first-order valence-electron chi connectivity index (χ1n) is 4.76. The van der Waals surface area contributed by atoms with E-state index in [1.165, 1.54) is 0 Å². The lowest BCUT2D eigenvalue weighted by Crippen LogP contribution is -2.38. The predicted molar refractivity (Wildman–Crippen MR) is 67.5 cm³/mol. The summed E-state index contributed by atoms with van der Waals surface area (Å²) in [5, 5.41) is 3.67. The van der Waals surface area contributed by atoms with Gasteiger partial charge in [0.15, 0.2) is 0 Å². The van der Waals surface area contributed by atoms with Gasteiger partial charge in [-0.15, -0.1) is 6.58 Å².